The number of carbonyl (C=O) groups excluding carboxylic acids is 3. The third kappa shape index (κ3) is 2.22. The van der Waals surface area contributed by atoms with Gasteiger partial charge in [0.2, 0.25) is 11.6 Å². The van der Waals surface area contributed by atoms with Gasteiger partial charge in [0.05, 0.1) is 4.75 Å². The van der Waals surface area contributed by atoms with E-state index in [0.29, 0.717) is 5.56 Å². The summed E-state index contributed by atoms with van der Waals surface area (Å²) in [5.74, 6) is -3.38. The lowest BCUT2D eigenvalue weighted by Gasteiger charge is -2.48. The van der Waals surface area contributed by atoms with Gasteiger partial charge in [-0.3, -0.25) is 14.5 Å². The Morgan fingerprint density at radius 1 is 1.24 bits per heavy atom. The molecule has 1 aromatic rings. The Bertz CT molecular complexity index is 781. The lowest BCUT2D eigenvalue weighted by Crippen LogP contribution is -2.78. The molecule has 0 saturated carbocycles. The van der Waals surface area contributed by atoms with Gasteiger partial charge >= 0.3 is 12.0 Å². The van der Waals surface area contributed by atoms with Crippen molar-refractivity contribution in [3.63, 3.8) is 0 Å². The fourth-order valence-corrected chi connectivity index (χ4v) is 5.20. The normalized spacial score (nSPS) is 29.5. The molecular formula is C16H17N3O5S. The fraction of sp³-hybridized carbons (Fsp3) is 0.375. The number of nitrogens with zero attached hydrogens (tertiary/aromatic N) is 1. The molecule has 8 nitrogen and oxygen atoms in total. The van der Waals surface area contributed by atoms with Crippen molar-refractivity contribution in [1.29, 1.82) is 0 Å². The second-order valence-electron chi connectivity index (χ2n) is 6.44. The van der Waals surface area contributed by atoms with E-state index < -0.39 is 39.6 Å². The maximum Gasteiger partial charge on any atom is 0.352 e. The first kappa shape index (κ1) is 17.3. The number of carboxylic acids is 1. The largest absolute Gasteiger partial charge is 0.478 e. The molecular weight excluding hydrogens is 346 g/mol. The van der Waals surface area contributed by atoms with Crippen molar-refractivity contribution in [3.8, 4) is 0 Å². The molecule has 0 aromatic heterocycles. The molecule has 132 valence electrons. The number of urea groups is 1. The monoisotopic (exact) mass is 363 g/mol. The van der Waals surface area contributed by atoms with Crippen LogP contribution in [0.25, 0.3) is 0 Å². The number of benzene rings is 1. The van der Waals surface area contributed by atoms with Crippen LogP contribution in [0.2, 0.25) is 0 Å². The van der Waals surface area contributed by atoms with E-state index in [1.807, 2.05) is 0 Å². The molecule has 2 fully saturated rings. The highest BCUT2D eigenvalue weighted by Crippen LogP contribution is 2.58. The summed E-state index contributed by atoms with van der Waals surface area (Å²) in [6.07, 6.45) is 0. The van der Waals surface area contributed by atoms with Gasteiger partial charge in [-0.2, -0.15) is 0 Å². The number of carboxylic acid groups (broad SMARTS) is 1. The Balaban J connectivity index is 1.99. The molecule has 25 heavy (non-hydrogen) atoms. The van der Waals surface area contributed by atoms with Gasteiger partial charge in [-0.1, -0.05) is 30.3 Å². The van der Waals surface area contributed by atoms with E-state index in [0.717, 1.165) is 16.7 Å². The molecule has 1 aromatic carbocycles. The standard InChI is InChI=1S/C16H17N3O5S/c1-15(2)16(13(22)23,18-14(17)24)19-11(21)9(12(19)25-15)10(20)8-6-4-3-5-7-8/h3-7,9,12H,1-2H3,(H,22,23)(H3,17,18,24)/t9-,12-,16+/m1/s1. The number of aliphatic carboxylic acids is 1. The van der Waals surface area contributed by atoms with Crippen molar-refractivity contribution in [3.05, 3.63) is 35.9 Å². The molecule has 2 aliphatic heterocycles. The van der Waals surface area contributed by atoms with E-state index in [1.54, 1.807) is 44.2 Å². The van der Waals surface area contributed by atoms with Crippen molar-refractivity contribution >= 4 is 35.5 Å². The van der Waals surface area contributed by atoms with Crippen LogP contribution < -0.4 is 11.1 Å². The number of Topliss-reactive ketones (excluding diaryl/α,β-unsaturated/α-hetero) is 1. The number of primary amides is 1. The summed E-state index contributed by atoms with van der Waals surface area (Å²) < 4.78 is -1.08. The minimum absolute atomic E-state index is 0.365. The fourth-order valence-electron chi connectivity index (χ4n) is 3.44. The number of nitrogens with one attached hydrogen (secondary N) is 1. The van der Waals surface area contributed by atoms with Gasteiger partial charge in [-0.15, -0.1) is 11.8 Å². The first-order chi connectivity index (χ1) is 11.6. The zero-order valence-corrected chi connectivity index (χ0v) is 14.4. The Hall–Kier alpha value is -2.55. The third-order valence-electron chi connectivity index (χ3n) is 4.65. The van der Waals surface area contributed by atoms with Crippen LogP contribution in [0.15, 0.2) is 30.3 Å². The molecule has 3 rings (SSSR count). The number of rotatable bonds is 4. The maximum atomic E-state index is 12.7. The predicted octanol–water partition coefficient (Wildman–Crippen LogP) is 0.628. The van der Waals surface area contributed by atoms with Gasteiger partial charge in [-0.25, -0.2) is 9.59 Å². The molecule has 0 spiro atoms. The van der Waals surface area contributed by atoms with Crippen molar-refractivity contribution in [2.75, 3.05) is 0 Å². The van der Waals surface area contributed by atoms with Crippen LogP contribution in [0.1, 0.15) is 24.2 Å². The van der Waals surface area contributed by atoms with E-state index in [-0.39, 0.29) is 5.78 Å². The van der Waals surface area contributed by atoms with E-state index in [4.69, 9.17) is 5.73 Å². The Kier molecular flexibility index (Phi) is 3.79. The highest BCUT2D eigenvalue weighted by molar-refractivity contribution is 8.01. The highest BCUT2D eigenvalue weighted by Gasteiger charge is 2.74. The number of fused-ring (bicyclic) bond motifs is 1. The number of amides is 3. The van der Waals surface area contributed by atoms with Crippen LogP contribution in [0.4, 0.5) is 4.79 Å². The number of nitrogens with two attached hydrogens (primary N) is 1. The smallest absolute Gasteiger partial charge is 0.352 e. The van der Waals surface area contributed by atoms with Crippen LogP contribution in [-0.2, 0) is 9.59 Å². The first-order valence-electron chi connectivity index (χ1n) is 7.55. The Morgan fingerprint density at radius 2 is 1.84 bits per heavy atom. The Morgan fingerprint density at radius 3 is 2.36 bits per heavy atom. The van der Waals surface area contributed by atoms with Gasteiger partial charge in [0.1, 0.15) is 11.3 Å². The summed E-state index contributed by atoms with van der Waals surface area (Å²) >= 11 is 1.16. The average molecular weight is 363 g/mol. The molecule has 0 bridgehead atoms. The number of hydrogen-bond acceptors (Lipinski definition) is 5. The lowest BCUT2D eigenvalue weighted by atomic mass is 9.83. The topological polar surface area (TPSA) is 130 Å². The number of ketones is 1. The molecule has 2 aliphatic rings. The van der Waals surface area contributed by atoms with Crippen LogP contribution in [0.3, 0.4) is 0 Å². The van der Waals surface area contributed by atoms with Gasteiger partial charge < -0.3 is 16.2 Å². The maximum absolute atomic E-state index is 12.7. The van der Waals surface area contributed by atoms with E-state index in [9.17, 15) is 24.3 Å². The number of hydrogen-bond donors (Lipinski definition) is 3. The molecule has 3 amide bonds. The number of β-lactam (4-membered cyclic amide) rings is 1. The second-order valence-corrected chi connectivity index (χ2v) is 8.18. The molecule has 2 heterocycles. The van der Waals surface area contributed by atoms with Crippen molar-refractivity contribution in [2.24, 2.45) is 11.7 Å². The summed E-state index contributed by atoms with van der Waals surface area (Å²) in [7, 11) is 0. The average Bonchev–Trinajstić information content (AvgIpc) is 2.73. The number of thioether (sulfide) groups is 1. The molecule has 4 N–H and O–H groups in total. The van der Waals surface area contributed by atoms with Crippen molar-refractivity contribution in [2.45, 2.75) is 29.6 Å². The van der Waals surface area contributed by atoms with Crippen molar-refractivity contribution in [1.82, 2.24) is 10.2 Å². The molecule has 0 unspecified atom stereocenters. The van der Waals surface area contributed by atoms with Crippen LogP contribution >= 0.6 is 11.8 Å². The summed E-state index contributed by atoms with van der Waals surface area (Å²) in [6, 6.07) is 7.30. The van der Waals surface area contributed by atoms with E-state index in [1.165, 1.54) is 0 Å². The molecule has 3 atom stereocenters. The third-order valence-corrected chi connectivity index (χ3v) is 6.25. The Labute approximate surface area is 147 Å². The number of carbonyl (C=O) groups is 4. The zero-order chi connectivity index (χ0) is 18.6. The molecule has 2 saturated heterocycles. The highest BCUT2D eigenvalue weighted by atomic mass is 32.2. The second kappa shape index (κ2) is 5.48. The molecule has 9 heteroatoms. The van der Waals surface area contributed by atoms with Gasteiger partial charge in [-0.05, 0) is 13.8 Å². The van der Waals surface area contributed by atoms with Crippen molar-refractivity contribution < 1.29 is 24.3 Å². The summed E-state index contributed by atoms with van der Waals surface area (Å²) in [4.78, 5) is 49.8. The lowest BCUT2D eigenvalue weighted by molar-refractivity contribution is -0.174. The predicted molar refractivity (Wildman–Crippen MR) is 89.7 cm³/mol. The van der Waals surface area contributed by atoms with Crippen LogP contribution in [0.5, 0.6) is 0 Å². The van der Waals surface area contributed by atoms with Gasteiger partial charge in [0.25, 0.3) is 0 Å². The SMILES string of the molecule is CC1(C)S[C@@H]2[C@H](C(=O)c3ccccc3)C(=O)N2[C@@]1(NC(N)=O)C(=O)O. The van der Waals surface area contributed by atoms with Crippen LogP contribution in [-0.4, -0.2) is 49.5 Å². The van der Waals surface area contributed by atoms with Gasteiger partial charge in [0, 0.05) is 5.56 Å². The van der Waals surface area contributed by atoms with Crippen LogP contribution in [0, 0.1) is 5.92 Å². The first-order valence-corrected chi connectivity index (χ1v) is 8.43. The zero-order valence-electron chi connectivity index (χ0n) is 13.6. The molecule has 0 radical (unpaired) electrons. The molecule has 0 aliphatic carbocycles. The summed E-state index contributed by atoms with van der Waals surface area (Å²) in [5.41, 5.74) is 3.53. The minimum Gasteiger partial charge on any atom is -0.478 e. The summed E-state index contributed by atoms with van der Waals surface area (Å²) in [5, 5.41) is 11.3. The summed E-state index contributed by atoms with van der Waals surface area (Å²) in [6.45, 7) is 3.19. The quantitative estimate of drug-likeness (QED) is 0.409. The van der Waals surface area contributed by atoms with E-state index in [2.05, 4.69) is 5.32 Å². The van der Waals surface area contributed by atoms with E-state index >= 15 is 0 Å². The van der Waals surface area contributed by atoms with Gasteiger partial charge in [0.15, 0.2) is 5.78 Å². The minimum atomic E-state index is -2.00.